The highest BCUT2D eigenvalue weighted by molar-refractivity contribution is 7.92. The Morgan fingerprint density at radius 1 is 0.923 bits per heavy atom. The molecule has 3 aromatic carbocycles. The zero-order chi connectivity index (χ0) is 28.9. The predicted octanol–water partition coefficient (Wildman–Crippen LogP) is 6.01. The Hall–Kier alpha value is -2.78. The Kier molecular flexibility index (Phi) is 10.3. The van der Waals surface area contributed by atoms with Gasteiger partial charge < -0.3 is 10.2 Å². The second kappa shape index (κ2) is 13.0. The number of rotatable bonds is 10. The Balaban J connectivity index is 2.11. The Morgan fingerprint density at radius 3 is 2.18 bits per heavy atom. The van der Waals surface area contributed by atoms with Gasteiger partial charge in [0.1, 0.15) is 12.6 Å². The van der Waals surface area contributed by atoms with Gasteiger partial charge in [0.25, 0.3) is 10.0 Å². The molecule has 39 heavy (non-hydrogen) atoms. The summed E-state index contributed by atoms with van der Waals surface area (Å²) in [6.07, 6.45) is 0.299. The van der Waals surface area contributed by atoms with E-state index in [4.69, 9.17) is 34.8 Å². The van der Waals surface area contributed by atoms with Crippen molar-refractivity contribution >= 4 is 62.3 Å². The van der Waals surface area contributed by atoms with Crippen molar-refractivity contribution in [2.75, 3.05) is 17.9 Å². The third kappa shape index (κ3) is 7.25. The van der Waals surface area contributed by atoms with E-state index in [9.17, 15) is 18.0 Å². The zero-order valence-corrected chi connectivity index (χ0v) is 25.1. The van der Waals surface area contributed by atoms with Crippen molar-refractivity contribution in [3.8, 4) is 0 Å². The lowest BCUT2D eigenvalue weighted by Crippen LogP contribution is -2.51. The van der Waals surface area contributed by atoms with E-state index in [0.29, 0.717) is 32.6 Å². The first-order valence-electron chi connectivity index (χ1n) is 12.2. The number of halogens is 3. The van der Waals surface area contributed by atoms with E-state index in [1.54, 1.807) is 56.3 Å². The molecule has 1 N–H and O–H groups in total. The van der Waals surface area contributed by atoms with Crippen LogP contribution in [0.25, 0.3) is 0 Å². The van der Waals surface area contributed by atoms with Crippen LogP contribution < -0.4 is 9.62 Å². The number of hydrogen-bond donors (Lipinski definition) is 1. The van der Waals surface area contributed by atoms with Crippen molar-refractivity contribution < 1.29 is 18.0 Å². The molecule has 0 saturated heterocycles. The number of carbonyl (C=O) groups is 2. The van der Waals surface area contributed by atoms with Crippen molar-refractivity contribution in [2.24, 2.45) is 0 Å². The molecule has 0 heterocycles. The van der Waals surface area contributed by atoms with Crippen LogP contribution in [0.4, 0.5) is 5.69 Å². The van der Waals surface area contributed by atoms with E-state index in [1.165, 1.54) is 30.1 Å². The highest BCUT2D eigenvalue weighted by Crippen LogP contribution is 2.30. The first kappa shape index (κ1) is 30.8. The quantitative estimate of drug-likeness (QED) is 0.305. The van der Waals surface area contributed by atoms with Gasteiger partial charge in [0.15, 0.2) is 0 Å². The third-order valence-corrected chi connectivity index (χ3v) is 9.05. The van der Waals surface area contributed by atoms with E-state index in [2.05, 4.69) is 5.32 Å². The van der Waals surface area contributed by atoms with Crippen molar-refractivity contribution in [1.82, 2.24) is 10.2 Å². The molecule has 0 aromatic heterocycles. The maximum Gasteiger partial charge on any atom is 0.264 e. The minimum absolute atomic E-state index is 0.00853. The number of sulfonamides is 1. The summed E-state index contributed by atoms with van der Waals surface area (Å²) in [4.78, 5) is 28.2. The fourth-order valence-electron chi connectivity index (χ4n) is 4.12. The van der Waals surface area contributed by atoms with Gasteiger partial charge in [-0.05, 0) is 67.8 Å². The monoisotopic (exact) mass is 609 g/mol. The molecule has 7 nitrogen and oxygen atoms in total. The number of aryl methyl sites for hydroxylation is 2. The van der Waals surface area contributed by atoms with E-state index < -0.39 is 28.5 Å². The molecule has 11 heteroatoms. The van der Waals surface area contributed by atoms with Crippen LogP contribution in [-0.4, -0.2) is 44.8 Å². The minimum Gasteiger partial charge on any atom is -0.357 e. The van der Waals surface area contributed by atoms with Crippen LogP contribution in [0.1, 0.15) is 30.0 Å². The SMILES string of the molecule is CC[C@@H](C(=O)NC)N(Cc1ccc(Cl)c(Cl)c1)C(=O)CN(c1cc(Cl)ccc1C)S(=O)(=O)c1ccc(C)cc1. The number of benzene rings is 3. The third-order valence-electron chi connectivity index (χ3n) is 6.30. The van der Waals surface area contributed by atoms with E-state index >= 15 is 0 Å². The molecule has 3 rings (SSSR count). The molecular formula is C28H30Cl3N3O4S. The van der Waals surface area contributed by atoms with E-state index in [-0.39, 0.29) is 23.0 Å². The second-order valence-corrected chi connectivity index (χ2v) is 12.2. The summed E-state index contributed by atoms with van der Waals surface area (Å²) in [6.45, 7) is 4.81. The van der Waals surface area contributed by atoms with Crippen molar-refractivity contribution in [1.29, 1.82) is 0 Å². The first-order valence-corrected chi connectivity index (χ1v) is 14.8. The number of amides is 2. The molecule has 0 saturated carbocycles. The molecule has 0 bridgehead atoms. The highest BCUT2D eigenvalue weighted by atomic mass is 35.5. The van der Waals surface area contributed by atoms with Gasteiger partial charge in [0, 0.05) is 18.6 Å². The molecule has 0 aliphatic rings. The Bertz CT molecular complexity index is 1460. The van der Waals surface area contributed by atoms with Crippen LogP contribution in [0, 0.1) is 13.8 Å². The number of nitrogens with one attached hydrogen (secondary N) is 1. The molecule has 0 aliphatic heterocycles. The molecule has 1 atom stereocenters. The average Bonchev–Trinajstić information content (AvgIpc) is 2.90. The van der Waals surface area contributed by atoms with Crippen molar-refractivity contribution in [2.45, 2.75) is 44.7 Å². The van der Waals surface area contributed by atoms with E-state index in [0.717, 1.165) is 9.87 Å². The topological polar surface area (TPSA) is 86.8 Å². The largest absolute Gasteiger partial charge is 0.357 e. The van der Waals surface area contributed by atoms with Crippen molar-refractivity contribution in [3.05, 3.63) is 92.4 Å². The molecule has 0 unspecified atom stereocenters. The Morgan fingerprint density at radius 2 is 1.59 bits per heavy atom. The van der Waals surface area contributed by atoms with Crippen molar-refractivity contribution in [3.63, 3.8) is 0 Å². The molecule has 0 fully saturated rings. The standard InChI is InChI=1S/C28H30Cl3N3O4S/c1-5-25(28(36)32-4)33(16-20-9-13-23(30)24(31)14-20)27(35)17-34(26-15-21(29)10-8-19(26)3)39(37,38)22-11-6-18(2)7-12-22/h6-15,25H,5,16-17H2,1-4H3,(H,32,36)/t25-/m0/s1. The van der Waals surface area contributed by atoms with Crippen LogP contribution in [0.5, 0.6) is 0 Å². The van der Waals surface area contributed by atoms with Crippen LogP contribution >= 0.6 is 34.8 Å². The number of nitrogens with zero attached hydrogens (tertiary/aromatic N) is 2. The highest BCUT2D eigenvalue weighted by Gasteiger charge is 2.34. The van der Waals surface area contributed by atoms with Crippen LogP contribution in [0.2, 0.25) is 15.1 Å². The molecular weight excluding hydrogens is 581 g/mol. The van der Waals surface area contributed by atoms with Crippen LogP contribution in [-0.2, 0) is 26.2 Å². The summed E-state index contributed by atoms with van der Waals surface area (Å²) < 4.78 is 28.9. The number of likely N-dealkylation sites (N-methyl/N-ethyl adjacent to an activating group) is 1. The van der Waals surface area contributed by atoms with Gasteiger partial charge in [0.05, 0.1) is 20.6 Å². The van der Waals surface area contributed by atoms with Gasteiger partial charge in [-0.3, -0.25) is 13.9 Å². The molecule has 0 aliphatic carbocycles. The van der Waals surface area contributed by atoms with Crippen LogP contribution in [0.15, 0.2) is 65.6 Å². The second-order valence-electron chi connectivity index (χ2n) is 9.06. The fourth-order valence-corrected chi connectivity index (χ4v) is 6.08. The predicted molar refractivity (Wildman–Crippen MR) is 157 cm³/mol. The lowest BCUT2D eigenvalue weighted by molar-refractivity contribution is -0.140. The average molecular weight is 611 g/mol. The van der Waals surface area contributed by atoms with Gasteiger partial charge in [-0.2, -0.15) is 0 Å². The van der Waals surface area contributed by atoms with Gasteiger partial charge in [-0.1, -0.05) is 71.6 Å². The first-order chi connectivity index (χ1) is 18.4. The zero-order valence-electron chi connectivity index (χ0n) is 22.0. The molecule has 3 aromatic rings. The summed E-state index contributed by atoms with van der Waals surface area (Å²) >= 11 is 18.5. The lowest BCUT2D eigenvalue weighted by atomic mass is 10.1. The fraction of sp³-hybridized carbons (Fsp3) is 0.286. The summed E-state index contributed by atoms with van der Waals surface area (Å²) in [5.74, 6) is -0.954. The smallest absolute Gasteiger partial charge is 0.264 e. The molecule has 0 radical (unpaired) electrons. The van der Waals surface area contributed by atoms with Gasteiger partial charge in [-0.25, -0.2) is 8.42 Å². The number of anilines is 1. The molecule has 0 spiro atoms. The molecule has 208 valence electrons. The maximum absolute atomic E-state index is 14.0. The van der Waals surface area contributed by atoms with Gasteiger partial charge in [-0.15, -0.1) is 0 Å². The number of carbonyl (C=O) groups excluding carboxylic acids is 2. The Labute approximate surface area is 244 Å². The summed E-state index contributed by atoms with van der Waals surface area (Å²) in [5.41, 5.74) is 2.39. The number of hydrogen-bond acceptors (Lipinski definition) is 4. The summed E-state index contributed by atoms with van der Waals surface area (Å²) in [5, 5.41) is 3.56. The van der Waals surface area contributed by atoms with Gasteiger partial charge in [0.2, 0.25) is 11.8 Å². The van der Waals surface area contributed by atoms with E-state index in [1.807, 2.05) is 6.92 Å². The van der Waals surface area contributed by atoms with Crippen LogP contribution in [0.3, 0.4) is 0 Å². The minimum atomic E-state index is -4.19. The summed E-state index contributed by atoms with van der Waals surface area (Å²) in [6, 6.07) is 15.3. The molecule has 2 amide bonds. The van der Waals surface area contributed by atoms with Gasteiger partial charge >= 0.3 is 0 Å². The maximum atomic E-state index is 14.0. The lowest BCUT2D eigenvalue weighted by Gasteiger charge is -2.33. The normalized spacial score (nSPS) is 12.1. The summed E-state index contributed by atoms with van der Waals surface area (Å²) in [7, 11) is -2.71.